The van der Waals surface area contributed by atoms with Gasteiger partial charge in [0.25, 0.3) is 0 Å². The molecule has 3 aromatic rings. The zero-order valence-electron chi connectivity index (χ0n) is 18.0. The monoisotopic (exact) mass is 419 g/mol. The summed E-state index contributed by atoms with van der Waals surface area (Å²) in [7, 11) is 1.65. The van der Waals surface area contributed by atoms with Crippen molar-refractivity contribution in [2.24, 2.45) is 0 Å². The molecule has 2 aromatic carbocycles. The lowest BCUT2D eigenvalue weighted by atomic mass is 9.90. The lowest BCUT2D eigenvalue weighted by molar-refractivity contribution is 0.131. The molecule has 1 fully saturated rings. The Morgan fingerprint density at radius 2 is 2.00 bits per heavy atom. The number of ether oxygens (including phenoxy) is 2. The normalized spacial score (nSPS) is 20.5. The zero-order valence-corrected chi connectivity index (χ0v) is 18.0. The van der Waals surface area contributed by atoms with Crippen LogP contribution in [-0.2, 0) is 4.74 Å². The molecular formula is C24H25N3O4. The van der Waals surface area contributed by atoms with Crippen LogP contribution in [0.4, 0.5) is 10.5 Å². The van der Waals surface area contributed by atoms with Gasteiger partial charge in [-0.2, -0.15) is 0 Å². The van der Waals surface area contributed by atoms with Crippen molar-refractivity contribution in [1.82, 2.24) is 10.1 Å². The minimum Gasteiger partial charge on any atom is -0.496 e. The van der Waals surface area contributed by atoms with Crippen molar-refractivity contribution in [3.05, 3.63) is 65.0 Å². The number of methoxy groups -OCH3 is 1. The van der Waals surface area contributed by atoms with Crippen molar-refractivity contribution in [1.29, 1.82) is 0 Å². The number of aromatic nitrogens is 1. The summed E-state index contributed by atoms with van der Waals surface area (Å²) in [4.78, 5) is 14.7. The van der Waals surface area contributed by atoms with Gasteiger partial charge in [0.2, 0.25) is 0 Å². The number of amides is 1. The number of nitrogens with one attached hydrogen (secondary N) is 1. The standard InChI is InChI=1S/C24H25N3O4/c1-13-22(15(3)31-26-13)18-10-19-17(11-20(18)29-4)23-21(12-25-19)30-24(28)27(23)14(2)16-8-6-5-7-9-16/h5-11,14,21,23,25H,12H2,1-4H3/t14-,21?,23?/m1/s1. The Hall–Kier alpha value is -3.48. The Balaban J connectivity index is 1.61. The number of carbonyl (C=O) groups is 1. The van der Waals surface area contributed by atoms with E-state index in [4.69, 9.17) is 14.0 Å². The Morgan fingerprint density at radius 1 is 1.23 bits per heavy atom. The van der Waals surface area contributed by atoms with Gasteiger partial charge in [0.15, 0.2) is 0 Å². The van der Waals surface area contributed by atoms with Crippen molar-refractivity contribution in [2.75, 3.05) is 19.0 Å². The second-order valence-corrected chi connectivity index (χ2v) is 8.08. The lowest BCUT2D eigenvalue weighted by Gasteiger charge is -2.35. The van der Waals surface area contributed by atoms with Gasteiger partial charge >= 0.3 is 6.09 Å². The van der Waals surface area contributed by atoms with Crippen LogP contribution in [0.2, 0.25) is 0 Å². The lowest BCUT2D eigenvalue weighted by Crippen LogP contribution is -2.37. The summed E-state index contributed by atoms with van der Waals surface area (Å²) in [6.07, 6.45) is -0.560. The molecular weight excluding hydrogens is 394 g/mol. The number of anilines is 1. The molecule has 0 aliphatic carbocycles. The summed E-state index contributed by atoms with van der Waals surface area (Å²) >= 11 is 0. The molecule has 3 atom stereocenters. The third kappa shape index (κ3) is 3.03. The van der Waals surface area contributed by atoms with Crippen molar-refractivity contribution < 1.29 is 18.8 Å². The highest BCUT2D eigenvalue weighted by molar-refractivity contribution is 5.81. The maximum atomic E-state index is 12.9. The van der Waals surface area contributed by atoms with E-state index < -0.39 is 0 Å². The van der Waals surface area contributed by atoms with Gasteiger partial charge in [-0.3, -0.25) is 4.90 Å². The molecule has 1 saturated heterocycles. The predicted octanol–water partition coefficient (Wildman–Crippen LogP) is 5.02. The predicted molar refractivity (Wildman–Crippen MR) is 116 cm³/mol. The van der Waals surface area contributed by atoms with Crippen LogP contribution in [0.3, 0.4) is 0 Å². The molecule has 0 saturated carbocycles. The van der Waals surface area contributed by atoms with E-state index in [1.807, 2.05) is 62.1 Å². The summed E-state index contributed by atoms with van der Waals surface area (Å²) in [6.45, 7) is 6.40. The van der Waals surface area contributed by atoms with Crippen LogP contribution >= 0.6 is 0 Å². The smallest absolute Gasteiger partial charge is 0.411 e. The second-order valence-electron chi connectivity index (χ2n) is 8.08. The number of nitrogens with zero attached hydrogens (tertiary/aromatic N) is 2. The quantitative estimate of drug-likeness (QED) is 0.640. The molecule has 0 radical (unpaired) electrons. The van der Waals surface area contributed by atoms with Gasteiger partial charge in [0.1, 0.15) is 23.7 Å². The van der Waals surface area contributed by atoms with Crippen LogP contribution in [0, 0.1) is 13.8 Å². The highest BCUT2D eigenvalue weighted by atomic mass is 16.6. The van der Waals surface area contributed by atoms with E-state index in [0.29, 0.717) is 12.3 Å². The fraction of sp³-hybridized carbons (Fsp3) is 0.333. The van der Waals surface area contributed by atoms with Crippen molar-refractivity contribution >= 4 is 11.8 Å². The van der Waals surface area contributed by atoms with Gasteiger partial charge in [-0.1, -0.05) is 35.5 Å². The van der Waals surface area contributed by atoms with Gasteiger partial charge in [-0.15, -0.1) is 0 Å². The molecule has 2 unspecified atom stereocenters. The molecule has 5 rings (SSSR count). The molecule has 0 spiro atoms. The molecule has 0 bridgehead atoms. The van der Waals surface area contributed by atoms with Crippen LogP contribution in [-0.4, -0.2) is 35.9 Å². The van der Waals surface area contributed by atoms with Crippen LogP contribution in [0.5, 0.6) is 5.75 Å². The van der Waals surface area contributed by atoms with Gasteiger partial charge in [-0.25, -0.2) is 4.79 Å². The van der Waals surface area contributed by atoms with Crippen molar-refractivity contribution in [3.8, 4) is 16.9 Å². The number of benzene rings is 2. The fourth-order valence-electron chi connectivity index (χ4n) is 4.78. The molecule has 160 valence electrons. The van der Waals surface area contributed by atoms with Crippen LogP contribution < -0.4 is 10.1 Å². The van der Waals surface area contributed by atoms with Crippen LogP contribution in [0.15, 0.2) is 47.0 Å². The van der Waals surface area contributed by atoms with Gasteiger partial charge in [0, 0.05) is 16.8 Å². The maximum Gasteiger partial charge on any atom is 0.411 e. The van der Waals surface area contributed by atoms with Crippen LogP contribution in [0.25, 0.3) is 11.1 Å². The first-order chi connectivity index (χ1) is 15.0. The first kappa shape index (κ1) is 19.5. The van der Waals surface area contributed by atoms with Crippen molar-refractivity contribution in [3.63, 3.8) is 0 Å². The Labute approximate surface area is 180 Å². The van der Waals surface area contributed by atoms with Crippen molar-refractivity contribution in [2.45, 2.75) is 39.0 Å². The second kappa shape index (κ2) is 7.34. The molecule has 1 N–H and O–H groups in total. The summed E-state index contributed by atoms with van der Waals surface area (Å²) in [5.41, 5.74) is 5.66. The number of carbonyl (C=O) groups excluding carboxylic acids is 1. The molecule has 1 aromatic heterocycles. The Bertz CT molecular complexity index is 1120. The van der Waals surface area contributed by atoms with E-state index >= 15 is 0 Å². The molecule has 2 aliphatic heterocycles. The fourth-order valence-corrected chi connectivity index (χ4v) is 4.78. The number of fused-ring (bicyclic) bond motifs is 3. The maximum absolute atomic E-state index is 12.9. The SMILES string of the molecule is COc1cc2c(cc1-c1c(C)noc1C)NCC1OC(=O)N([C@H](C)c3ccccc3)C21. The molecule has 7 nitrogen and oxygen atoms in total. The minimum atomic E-state index is -0.297. The van der Waals surface area contributed by atoms with Gasteiger partial charge in [0.05, 0.1) is 31.0 Å². The first-order valence-corrected chi connectivity index (χ1v) is 10.4. The first-order valence-electron chi connectivity index (χ1n) is 10.4. The van der Waals surface area contributed by atoms with Gasteiger partial charge in [-0.05, 0) is 38.5 Å². The number of aryl methyl sites for hydroxylation is 2. The third-order valence-electron chi connectivity index (χ3n) is 6.30. The molecule has 1 amide bonds. The summed E-state index contributed by atoms with van der Waals surface area (Å²) in [5.74, 6) is 1.45. The Kier molecular flexibility index (Phi) is 4.61. The van der Waals surface area contributed by atoms with E-state index in [0.717, 1.165) is 39.4 Å². The summed E-state index contributed by atoms with van der Waals surface area (Å²) in [5, 5.41) is 7.52. The van der Waals surface area contributed by atoms with Gasteiger partial charge < -0.3 is 19.3 Å². The molecule has 3 heterocycles. The average Bonchev–Trinajstić information content (AvgIpc) is 3.30. The number of hydrogen-bond donors (Lipinski definition) is 1. The largest absolute Gasteiger partial charge is 0.496 e. The summed E-state index contributed by atoms with van der Waals surface area (Å²) in [6, 6.07) is 13.8. The van der Waals surface area contributed by atoms with E-state index in [9.17, 15) is 4.79 Å². The average molecular weight is 419 g/mol. The highest BCUT2D eigenvalue weighted by Gasteiger charge is 2.48. The molecule has 31 heavy (non-hydrogen) atoms. The van der Waals surface area contributed by atoms with Crippen LogP contribution in [0.1, 0.15) is 41.6 Å². The minimum absolute atomic E-state index is 0.122. The van der Waals surface area contributed by atoms with E-state index in [1.54, 1.807) is 7.11 Å². The highest BCUT2D eigenvalue weighted by Crippen LogP contribution is 2.48. The number of hydrogen-bond acceptors (Lipinski definition) is 6. The third-order valence-corrected chi connectivity index (χ3v) is 6.30. The van der Waals surface area contributed by atoms with E-state index in [2.05, 4.69) is 16.5 Å². The Morgan fingerprint density at radius 3 is 2.68 bits per heavy atom. The van der Waals surface area contributed by atoms with E-state index in [-0.39, 0.29) is 24.3 Å². The molecule has 2 aliphatic rings. The van der Waals surface area contributed by atoms with E-state index in [1.165, 1.54) is 0 Å². The topological polar surface area (TPSA) is 76.8 Å². The molecule has 7 heteroatoms. The summed E-state index contributed by atoms with van der Waals surface area (Å²) < 4.78 is 16.9. The number of rotatable bonds is 4. The zero-order chi connectivity index (χ0) is 21.7.